The second-order valence-electron chi connectivity index (χ2n) is 4.69. The predicted octanol–water partition coefficient (Wildman–Crippen LogP) is 2.51. The molecule has 118 valence electrons. The summed E-state index contributed by atoms with van der Waals surface area (Å²) < 4.78 is 0. The zero-order valence-electron chi connectivity index (χ0n) is 12.0. The number of nitrogens with one attached hydrogen (secondary N) is 1. The lowest BCUT2D eigenvalue weighted by Gasteiger charge is -2.18. The third-order valence-electron chi connectivity index (χ3n) is 3.12. The van der Waals surface area contributed by atoms with Gasteiger partial charge < -0.3 is 10.2 Å². The minimum Gasteiger partial charge on any atom is -0.365 e. The maximum Gasteiger partial charge on any atom is 0.295 e. The third kappa shape index (κ3) is 4.38. The van der Waals surface area contributed by atoms with Gasteiger partial charge in [0.25, 0.3) is 5.70 Å². The maximum absolute atomic E-state index is 11.3. The van der Waals surface area contributed by atoms with Crippen molar-refractivity contribution in [3.63, 3.8) is 0 Å². The molecular formula is C14H17ClN4O2S. The van der Waals surface area contributed by atoms with Crippen LogP contribution in [0.3, 0.4) is 0 Å². The predicted molar refractivity (Wildman–Crippen MR) is 89.2 cm³/mol. The Morgan fingerprint density at radius 2 is 2.45 bits per heavy atom. The highest BCUT2D eigenvalue weighted by atomic mass is 35.5. The SMILES string of the molecule is C=CCSC/C(=C1/NCCN1Cc1ccc(Cl)nc1)[N+](=O)[O-]. The van der Waals surface area contributed by atoms with Crippen molar-refractivity contribution in [3.8, 4) is 0 Å². The monoisotopic (exact) mass is 340 g/mol. The van der Waals surface area contributed by atoms with Crippen LogP contribution in [0, 0.1) is 10.1 Å². The van der Waals surface area contributed by atoms with Gasteiger partial charge in [0.1, 0.15) is 5.15 Å². The minimum atomic E-state index is -0.309. The molecule has 1 N–H and O–H groups in total. The van der Waals surface area contributed by atoms with Gasteiger partial charge in [-0.3, -0.25) is 10.1 Å². The van der Waals surface area contributed by atoms with Crippen molar-refractivity contribution in [2.75, 3.05) is 24.6 Å². The van der Waals surface area contributed by atoms with Crippen LogP contribution in [-0.4, -0.2) is 39.4 Å². The first kappa shape index (κ1) is 16.6. The summed E-state index contributed by atoms with van der Waals surface area (Å²) in [6.45, 7) is 5.61. The van der Waals surface area contributed by atoms with E-state index in [1.165, 1.54) is 11.8 Å². The molecule has 0 aliphatic carbocycles. The molecule has 1 saturated heterocycles. The highest BCUT2D eigenvalue weighted by molar-refractivity contribution is 7.99. The van der Waals surface area contributed by atoms with Gasteiger partial charge in [0, 0.05) is 31.6 Å². The Labute approximate surface area is 138 Å². The zero-order chi connectivity index (χ0) is 15.9. The van der Waals surface area contributed by atoms with Crippen molar-refractivity contribution < 1.29 is 4.92 Å². The fourth-order valence-corrected chi connectivity index (χ4v) is 2.97. The van der Waals surface area contributed by atoms with E-state index in [-0.39, 0.29) is 10.6 Å². The smallest absolute Gasteiger partial charge is 0.295 e. The van der Waals surface area contributed by atoms with Crippen LogP contribution in [0.2, 0.25) is 5.15 Å². The third-order valence-corrected chi connectivity index (χ3v) is 4.29. The Hall–Kier alpha value is -1.73. The molecule has 0 saturated carbocycles. The second-order valence-corrected chi connectivity index (χ2v) is 6.11. The summed E-state index contributed by atoms with van der Waals surface area (Å²) in [5.74, 6) is 1.62. The van der Waals surface area contributed by atoms with E-state index >= 15 is 0 Å². The van der Waals surface area contributed by atoms with Crippen LogP contribution in [0.1, 0.15) is 5.56 Å². The van der Waals surface area contributed by atoms with Gasteiger partial charge in [0.2, 0.25) is 0 Å². The van der Waals surface area contributed by atoms with Crippen molar-refractivity contribution in [1.29, 1.82) is 0 Å². The van der Waals surface area contributed by atoms with Crippen molar-refractivity contribution in [2.24, 2.45) is 0 Å². The molecule has 0 radical (unpaired) electrons. The Bertz CT molecular complexity index is 577. The van der Waals surface area contributed by atoms with Gasteiger partial charge in [-0.25, -0.2) is 4.98 Å². The molecule has 0 spiro atoms. The Balaban J connectivity index is 2.15. The average Bonchev–Trinajstić information content (AvgIpc) is 2.93. The Morgan fingerprint density at radius 3 is 3.09 bits per heavy atom. The molecule has 0 bridgehead atoms. The van der Waals surface area contributed by atoms with Crippen molar-refractivity contribution >= 4 is 23.4 Å². The maximum atomic E-state index is 11.3. The van der Waals surface area contributed by atoms with E-state index in [0.29, 0.717) is 35.6 Å². The number of pyridine rings is 1. The summed E-state index contributed by atoms with van der Waals surface area (Å²) in [6.07, 6.45) is 3.43. The molecule has 1 aliphatic rings. The zero-order valence-corrected chi connectivity index (χ0v) is 13.6. The summed E-state index contributed by atoms with van der Waals surface area (Å²) in [6, 6.07) is 3.60. The van der Waals surface area contributed by atoms with Gasteiger partial charge in [-0.1, -0.05) is 23.7 Å². The average molecular weight is 341 g/mol. The molecule has 1 fully saturated rings. The van der Waals surface area contributed by atoms with E-state index < -0.39 is 0 Å². The number of rotatable bonds is 7. The summed E-state index contributed by atoms with van der Waals surface area (Å²) in [4.78, 5) is 17.0. The van der Waals surface area contributed by atoms with Crippen LogP contribution in [0.4, 0.5) is 0 Å². The van der Waals surface area contributed by atoms with Crippen LogP contribution in [0.5, 0.6) is 0 Å². The number of aromatic nitrogens is 1. The molecule has 6 nitrogen and oxygen atoms in total. The first-order valence-electron chi connectivity index (χ1n) is 6.77. The molecule has 1 aromatic rings. The van der Waals surface area contributed by atoms with Gasteiger partial charge in [0.15, 0.2) is 5.82 Å². The molecule has 1 aliphatic heterocycles. The standard InChI is InChI=1S/C14H17ClN4O2S/c1-2-7-22-10-12(19(20)21)14-16-5-6-18(14)9-11-3-4-13(15)17-8-11/h2-4,8,16H,1,5-7,9-10H2/b14-12+. The lowest BCUT2D eigenvalue weighted by atomic mass is 10.2. The second kappa shape index (κ2) is 8.05. The van der Waals surface area contributed by atoms with Gasteiger partial charge in [0.05, 0.1) is 10.7 Å². The van der Waals surface area contributed by atoms with Crippen LogP contribution in [-0.2, 0) is 6.54 Å². The number of hydrogen-bond acceptors (Lipinski definition) is 6. The molecule has 2 rings (SSSR count). The lowest BCUT2D eigenvalue weighted by molar-refractivity contribution is -0.425. The van der Waals surface area contributed by atoms with Crippen molar-refractivity contribution in [3.05, 3.63) is 63.3 Å². The normalized spacial score (nSPS) is 16.3. The summed E-state index contributed by atoms with van der Waals surface area (Å²) >= 11 is 7.25. The van der Waals surface area contributed by atoms with E-state index in [1.54, 1.807) is 18.3 Å². The number of nitrogens with zero attached hydrogens (tertiary/aromatic N) is 3. The molecular weight excluding hydrogens is 324 g/mol. The van der Waals surface area contributed by atoms with Crippen LogP contribution >= 0.6 is 23.4 Å². The van der Waals surface area contributed by atoms with Gasteiger partial charge in [-0.05, 0) is 11.6 Å². The Kier molecular flexibility index (Phi) is 6.09. The highest BCUT2D eigenvalue weighted by Gasteiger charge is 2.27. The van der Waals surface area contributed by atoms with E-state index in [9.17, 15) is 10.1 Å². The summed E-state index contributed by atoms with van der Waals surface area (Å²) in [5.41, 5.74) is 1.17. The number of thioether (sulfide) groups is 1. The fourth-order valence-electron chi connectivity index (χ4n) is 2.14. The quantitative estimate of drug-likeness (QED) is 0.270. The molecule has 0 unspecified atom stereocenters. The lowest BCUT2D eigenvalue weighted by Crippen LogP contribution is -2.24. The van der Waals surface area contributed by atoms with Gasteiger partial charge in [-0.15, -0.1) is 18.3 Å². The number of halogens is 1. The first-order valence-corrected chi connectivity index (χ1v) is 8.30. The highest BCUT2D eigenvalue weighted by Crippen LogP contribution is 2.20. The van der Waals surface area contributed by atoms with E-state index in [2.05, 4.69) is 16.9 Å². The van der Waals surface area contributed by atoms with E-state index in [0.717, 1.165) is 12.1 Å². The largest absolute Gasteiger partial charge is 0.365 e. The van der Waals surface area contributed by atoms with E-state index in [4.69, 9.17) is 11.6 Å². The molecule has 0 atom stereocenters. The Morgan fingerprint density at radius 1 is 1.64 bits per heavy atom. The number of hydrogen-bond donors (Lipinski definition) is 1. The van der Waals surface area contributed by atoms with Crippen molar-refractivity contribution in [2.45, 2.75) is 6.54 Å². The topological polar surface area (TPSA) is 71.3 Å². The molecule has 8 heteroatoms. The van der Waals surface area contributed by atoms with Crippen LogP contribution < -0.4 is 5.32 Å². The molecule has 22 heavy (non-hydrogen) atoms. The molecule has 0 aromatic carbocycles. The minimum absolute atomic E-state index is 0.200. The van der Waals surface area contributed by atoms with Crippen LogP contribution in [0.25, 0.3) is 0 Å². The molecule has 0 amide bonds. The molecule has 2 heterocycles. The van der Waals surface area contributed by atoms with Crippen LogP contribution in [0.15, 0.2) is 42.5 Å². The fraction of sp³-hybridized carbons (Fsp3) is 0.357. The van der Waals surface area contributed by atoms with Gasteiger partial charge in [-0.2, -0.15) is 0 Å². The first-order chi connectivity index (χ1) is 10.6. The number of nitro groups is 1. The van der Waals surface area contributed by atoms with E-state index in [1.807, 2.05) is 11.0 Å². The summed E-state index contributed by atoms with van der Waals surface area (Å²) in [5, 5.41) is 14.9. The van der Waals surface area contributed by atoms with Crippen molar-refractivity contribution in [1.82, 2.24) is 15.2 Å². The molecule has 1 aromatic heterocycles. The summed E-state index contributed by atoms with van der Waals surface area (Å²) in [7, 11) is 0. The van der Waals surface area contributed by atoms with Gasteiger partial charge >= 0.3 is 0 Å².